The van der Waals surface area contributed by atoms with Crippen molar-refractivity contribution in [2.75, 3.05) is 20.7 Å². The zero-order valence-electron chi connectivity index (χ0n) is 16.1. The van der Waals surface area contributed by atoms with Gasteiger partial charge in [-0.3, -0.25) is 4.79 Å². The first-order valence-corrected chi connectivity index (χ1v) is 9.45. The molecule has 0 bridgehead atoms. The Balaban J connectivity index is 1.95. The Bertz CT molecular complexity index is 856. The Hall–Kier alpha value is -2.44. The first kappa shape index (κ1) is 21.9. The molecule has 0 spiro atoms. The van der Waals surface area contributed by atoms with Crippen LogP contribution < -0.4 is 15.8 Å². The van der Waals surface area contributed by atoms with Crippen LogP contribution in [0, 0.1) is 0 Å². The van der Waals surface area contributed by atoms with Crippen molar-refractivity contribution in [3.63, 3.8) is 0 Å². The topological polar surface area (TPSA) is 80.0 Å². The molecule has 150 valence electrons. The number of benzene rings is 2. The standard InChI is InChI=1S/C20H24Cl2N4O2/c1-13(17-8-7-15(21)10-18(17)22)25-20(23)24-11-14-5-4-6-16(9-14)28-12-19(27)26(2)3/h4-10,13H,11-12H2,1-3H3,(H3,23,24,25). The van der Waals surface area contributed by atoms with Gasteiger partial charge in [0, 0.05) is 24.1 Å². The molecule has 1 atom stereocenters. The fourth-order valence-electron chi connectivity index (χ4n) is 2.38. The summed E-state index contributed by atoms with van der Waals surface area (Å²) in [6, 6.07) is 12.6. The monoisotopic (exact) mass is 422 g/mol. The van der Waals surface area contributed by atoms with Crippen LogP contribution in [0.15, 0.2) is 47.5 Å². The Labute approximate surface area is 175 Å². The summed E-state index contributed by atoms with van der Waals surface area (Å²) >= 11 is 12.2. The number of nitrogens with two attached hydrogens (primary N) is 1. The third kappa shape index (κ3) is 6.62. The number of carbonyl (C=O) groups is 1. The molecule has 0 aliphatic carbocycles. The summed E-state index contributed by atoms with van der Waals surface area (Å²) in [6.07, 6.45) is 0. The Kier molecular flexibility index (Phi) is 7.96. The Morgan fingerprint density at radius 2 is 2.00 bits per heavy atom. The highest BCUT2D eigenvalue weighted by Gasteiger charge is 2.11. The van der Waals surface area contributed by atoms with Gasteiger partial charge >= 0.3 is 0 Å². The van der Waals surface area contributed by atoms with Crippen LogP contribution in [0.1, 0.15) is 24.1 Å². The van der Waals surface area contributed by atoms with E-state index in [1.54, 1.807) is 32.3 Å². The van der Waals surface area contributed by atoms with Gasteiger partial charge in [-0.15, -0.1) is 0 Å². The van der Waals surface area contributed by atoms with E-state index in [0.29, 0.717) is 28.3 Å². The quantitative estimate of drug-likeness (QED) is 0.527. The third-order valence-electron chi connectivity index (χ3n) is 3.98. The van der Waals surface area contributed by atoms with Crippen molar-refractivity contribution >= 4 is 35.1 Å². The van der Waals surface area contributed by atoms with Crippen molar-refractivity contribution in [1.29, 1.82) is 0 Å². The minimum absolute atomic E-state index is 0.0111. The number of nitrogens with one attached hydrogen (secondary N) is 1. The summed E-state index contributed by atoms with van der Waals surface area (Å²) in [6.45, 7) is 2.30. The molecule has 2 aromatic rings. The van der Waals surface area contributed by atoms with E-state index >= 15 is 0 Å². The summed E-state index contributed by atoms with van der Waals surface area (Å²) in [5.74, 6) is 0.801. The number of likely N-dealkylation sites (N-methyl/N-ethyl adjacent to an activating group) is 1. The number of carbonyl (C=O) groups excluding carboxylic acids is 1. The molecule has 0 aliphatic heterocycles. The molecule has 1 unspecified atom stereocenters. The number of guanidine groups is 1. The van der Waals surface area contributed by atoms with Gasteiger partial charge in [0.25, 0.3) is 5.91 Å². The molecule has 0 saturated heterocycles. The lowest BCUT2D eigenvalue weighted by atomic mass is 10.1. The minimum atomic E-state index is -0.125. The van der Waals surface area contributed by atoms with Crippen LogP contribution in [0.2, 0.25) is 10.0 Å². The summed E-state index contributed by atoms with van der Waals surface area (Å²) in [7, 11) is 3.37. The molecule has 3 N–H and O–H groups in total. The molecule has 1 amide bonds. The highest BCUT2D eigenvalue weighted by molar-refractivity contribution is 6.35. The highest BCUT2D eigenvalue weighted by atomic mass is 35.5. The third-order valence-corrected chi connectivity index (χ3v) is 4.55. The van der Waals surface area contributed by atoms with E-state index in [1.165, 1.54) is 4.90 Å². The van der Waals surface area contributed by atoms with Crippen LogP contribution in [0.25, 0.3) is 0 Å². The van der Waals surface area contributed by atoms with E-state index in [-0.39, 0.29) is 18.6 Å². The number of nitrogens with zero attached hydrogens (tertiary/aromatic N) is 2. The van der Waals surface area contributed by atoms with Crippen LogP contribution in [0.3, 0.4) is 0 Å². The lowest BCUT2D eigenvalue weighted by Gasteiger charge is -2.16. The lowest BCUT2D eigenvalue weighted by Crippen LogP contribution is -2.34. The lowest BCUT2D eigenvalue weighted by molar-refractivity contribution is -0.130. The number of ether oxygens (including phenoxy) is 1. The molecule has 0 radical (unpaired) electrons. The van der Waals surface area contributed by atoms with Gasteiger partial charge in [0.1, 0.15) is 5.75 Å². The van der Waals surface area contributed by atoms with Crippen molar-refractivity contribution < 1.29 is 9.53 Å². The molecule has 0 aromatic heterocycles. The number of halogens is 2. The second-order valence-electron chi connectivity index (χ2n) is 6.46. The predicted molar refractivity (Wildman–Crippen MR) is 114 cm³/mol. The summed E-state index contributed by atoms with van der Waals surface area (Å²) in [5, 5.41) is 4.26. The predicted octanol–water partition coefficient (Wildman–Crippen LogP) is 3.63. The molecule has 0 heterocycles. The molecular weight excluding hydrogens is 399 g/mol. The molecular formula is C20H24Cl2N4O2. The van der Waals surface area contributed by atoms with Crippen LogP contribution in [0.5, 0.6) is 5.75 Å². The van der Waals surface area contributed by atoms with Crippen molar-refractivity contribution in [1.82, 2.24) is 10.2 Å². The number of rotatable bonds is 7. The summed E-state index contributed by atoms with van der Waals surface area (Å²) in [4.78, 5) is 17.5. The number of aliphatic imine (C=N–C) groups is 1. The van der Waals surface area contributed by atoms with Gasteiger partial charge in [0.05, 0.1) is 12.6 Å². The van der Waals surface area contributed by atoms with Gasteiger partial charge in [-0.05, 0) is 42.3 Å². The van der Waals surface area contributed by atoms with Gasteiger partial charge in [0.15, 0.2) is 12.6 Å². The van der Waals surface area contributed by atoms with Crippen LogP contribution in [-0.2, 0) is 11.3 Å². The average Bonchev–Trinajstić information content (AvgIpc) is 2.64. The second-order valence-corrected chi connectivity index (χ2v) is 7.30. The van der Waals surface area contributed by atoms with Crippen LogP contribution >= 0.6 is 23.2 Å². The maximum Gasteiger partial charge on any atom is 0.259 e. The van der Waals surface area contributed by atoms with Crippen molar-refractivity contribution in [2.24, 2.45) is 10.7 Å². The van der Waals surface area contributed by atoms with Crippen molar-refractivity contribution in [3.8, 4) is 5.75 Å². The fourth-order valence-corrected chi connectivity index (χ4v) is 2.95. The zero-order valence-corrected chi connectivity index (χ0v) is 17.6. The van der Waals surface area contributed by atoms with Gasteiger partial charge in [-0.1, -0.05) is 41.4 Å². The van der Waals surface area contributed by atoms with Crippen molar-refractivity contribution in [2.45, 2.75) is 19.5 Å². The van der Waals surface area contributed by atoms with E-state index in [9.17, 15) is 4.79 Å². The van der Waals surface area contributed by atoms with Gasteiger partial charge in [0.2, 0.25) is 0 Å². The van der Waals surface area contributed by atoms with E-state index in [2.05, 4.69) is 10.3 Å². The van der Waals surface area contributed by atoms with Gasteiger partial charge in [-0.2, -0.15) is 0 Å². The maximum atomic E-state index is 11.6. The second kappa shape index (κ2) is 10.2. The number of amides is 1. The first-order chi connectivity index (χ1) is 13.3. The summed E-state index contributed by atoms with van der Waals surface area (Å²) < 4.78 is 5.51. The average molecular weight is 423 g/mol. The van der Waals surface area contributed by atoms with E-state index in [4.69, 9.17) is 33.7 Å². The Morgan fingerprint density at radius 3 is 2.68 bits per heavy atom. The van der Waals surface area contributed by atoms with Crippen LogP contribution in [-0.4, -0.2) is 37.5 Å². The fraction of sp³-hybridized carbons (Fsp3) is 0.300. The normalized spacial score (nSPS) is 12.4. The van der Waals surface area contributed by atoms with Gasteiger partial charge < -0.3 is 20.7 Å². The first-order valence-electron chi connectivity index (χ1n) is 8.69. The van der Waals surface area contributed by atoms with Crippen molar-refractivity contribution in [3.05, 3.63) is 63.6 Å². The molecule has 0 aliphatic rings. The molecule has 0 fully saturated rings. The largest absolute Gasteiger partial charge is 0.484 e. The van der Waals surface area contributed by atoms with Crippen LogP contribution in [0.4, 0.5) is 0 Å². The molecule has 6 nitrogen and oxygen atoms in total. The van der Waals surface area contributed by atoms with Gasteiger partial charge in [-0.25, -0.2) is 4.99 Å². The molecule has 0 saturated carbocycles. The van der Waals surface area contributed by atoms with E-state index < -0.39 is 0 Å². The minimum Gasteiger partial charge on any atom is -0.484 e. The number of hydrogen-bond donors (Lipinski definition) is 2. The zero-order chi connectivity index (χ0) is 20.7. The van der Waals surface area contributed by atoms with E-state index in [1.807, 2.05) is 31.2 Å². The maximum absolute atomic E-state index is 11.6. The molecule has 8 heteroatoms. The highest BCUT2D eigenvalue weighted by Crippen LogP contribution is 2.26. The molecule has 28 heavy (non-hydrogen) atoms. The Morgan fingerprint density at radius 1 is 1.25 bits per heavy atom. The van der Waals surface area contributed by atoms with E-state index in [0.717, 1.165) is 11.1 Å². The number of hydrogen-bond acceptors (Lipinski definition) is 3. The smallest absolute Gasteiger partial charge is 0.259 e. The molecule has 2 rings (SSSR count). The summed E-state index contributed by atoms with van der Waals surface area (Å²) in [5.41, 5.74) is 7.79. The SMILES string of the molecule is CC(NC(N)=NCc1cccc(OCC(=O)N(C)C)c1)c1ccc(Cl)cc1Cl. The molecule has 2 aromatic carbocycles.